The Morgan fingerprint density at radius 2 is 1.95 bits per heavy atom. The molecule has 1 aromatic carbocycles. The van der Waals surface area contributed by atoms with Crippen molar-refractivity contribution in [3.63, 3.8) is 0 Å². The fourth-order valence-corrected chi connectivity index (χ4v) is 3.46. The van der Waals surface area contributed by atoms with Crippen LogP contribution in [-0.4, -0.2) is 46.3 Å². The van der Waals surface area contributed by atoms with E-state index in [0.717, 1.165) is 29.4 Å². The summed E-state index contributed by atoms with van der Waals surface area (Å²) in [5.74, 6) is 1.95. The maximum atomic E-state index is 4.20. The SMILES string of the molecule is CN(C)CCSSCn1cc(-c2ccccc2)nn1. The van der Waals surface area contributed by atoms with E-state index >= 15 is 0 Å². The van der Waals surface area contributed by atoms with Crippen LogP contribution in [0.15, 0.2) is 36.5 Å². The van der Waals surface area contributed by atoms with Crippen molar-refractivity contribution in [1.82, 2.24) is 19.9 Å². The van der Waals surface area contributed by atoms with Crippen LogP contribution >= 0.6 is 21.6 Å². The van der Waals surface area contributed by atoms with E-state index in [1.165, 1.54) is 0 Å². The monoisotopic (exact) mass is 294 g/mol. The van der Waals surface area contributed by atoms with Crippen LogP contribution < -0.4 is 0 Å². The van der Waals surface area contributed by atoms with E-state index in [9.17, 15) is 0 Å². The van der Waals surface area contributed by atoms with Crippen molar-refractivity contribution in [1.29, 1.82) is 0 Å². The van der Waals surface area contributed by atoms with Crippen molar-refractivity contribution in [3.8, 4) is 11.3 Å². The lowest BCUT2D eigenvalue weighted by molar-refractivity contribution is 0.438. The van der Waals surface area contributed by atoms with Crippen molar-refractivity contribution >= 4 is 21.6 Å². The summed E-state index contributed by atoms with van der Waals surface area (Å²) in [7, 11) is 7.86. The van der Waals surface area contributed by atoms with Gasteiger partial charge in [0.1, 0.15) is 5.69 Å². The molecule has 0 unspecified atom stereocenters. The molecule has 0 saturated heterocycles. The lowest BCUT2D eigenvalue weighted by Gasteiger charge is -2.07. The summed E-state index contributed by atoms with van der Waals surface area (Å²) < 4.78 is 1.88. The van der Waals surface area contributed by atoms with Crippen LogP contribution in [0.2, 0.25) is 0 Å². The van der Waals surface area contributed by atoms with Gasteiger partial charge < -0.3 is 4.90 Å². The molecule has 0 bridgehead atoms. The van der Waals surface area contributed by atoms with Crippen LogP contribution in [0.25, 0.3) is 11.3 Å². The second kappa shape index (κ2) is 7.57. The number of benzene rings is 1. The van der Waals surface area contributed by atoms with Crippen LogP contribution in [0.5, 0.6) is 0 Å². The highest BCUT2D eigenvalue weighted by Gasteiger charge is 2.03. The number of hydrogen-bond acceptors (Lipinski definition) is 5. The Labute approximate surface area is 122 Å². The highest BCUT2D eigenvalue weighted by atomic mass is 33.1. The maximum Gasteiger partial charge on any atom is 0.113 e. The molecule has 0 radical (unpaired) electrons. The van der Waals surface area contributed by atoms with Crippen LogP contribution in [0.4, 0.5) is 0 Å². The molecule has 0 amide bonds. The van der Waals surface area contributed by atoms with Gasteiger partial charge in [-0.05, 0) is 14.1 Å². The zero-order chi connectivity index (χ0) is 13.5. The van der Waals surface area contributed by atoms with Gasteiger partial charge in [-0.2, -0.15) is 0 Å². The number of hydrogen-bond donors (Lipinski definition) is 0. The molecule has 0 spiro atoms. The summed E-state index contributed by atoms with van der Waals surface area (Å²) in [6, 6.07) is 10.1. The summed E-state index contributed by atoms with van der Waals surface area (Å²) >= 11 is 0. The first-order chi connectivity index (χ1) is 9.25. The van der Waals surface area contributed by atoms with Gasteiger partial charge in [-0.25, -0.2) is 4.68 Å². The Bertz CT molecular complexity index is 484. The van der Waals surface area contributed by atoms with E-state index in [2.05, 4.69) is 29.3 Å². The standard InChI is InChI=1S/C13H18N4S2/c1-16(2)8-9-18-19-11-17-10-13(14-15-17)12-6-4-3-5-7-12/h3-7,10H,8-9,11H2,1-2H3. The summed E-state index contributed by atoms with van der Waals surface area (Å²) in [4.78, 5) is 2.19. The molecule has 102 valence electrons. The minimum atomic E-state index is 0.831. The lowest BCUT2D eigenvalue weighted by atomic mass is 10.2. The topological polar surface area (TPSA) is 34.0 Å². The third kappa shape index (κ3) is 4.89. The van der Waals surface area contributed by atoms with Crippen molar-refractivity contribution in [3.05, 3.63) is 36.5 Å². The minimum Gasteiger partial charge on any atom is -0.309 e. The Kier molecular flexibility index (Phi) is 5.75. The van der Waals surface area contributed by atoms with E-state index in [4.69, 9.17) is 0 Å². The van der Waals surface area contributed by atoms with Gasteiger partial charge in [0.2, 0.25) is 0 Å². The molecule has 4 nitrogen and oxygen atoms in total. The average molecular weight is 294 g/mol. The number of rotatable bonds is 7. The third-order valence-electron chi connectivity index (χ3n) is 2.50. The quantitative estimate of drug-likeness (QED) is 0.579. The third-order valence-corrected chi connectivity index (χ3v) is 4.70. The Hall–Kier alpha value is -0.980. The molecule has 0 aliphatic rings. The largest absolute Gasteiger partial charge is 0.309 e. The highest BCUT2D eigenvalue weighted by molar-refractivity contribution is 8.76. The molecule has 2 rings (SSSR count). The Balaban J connectivity index is 1.78. The fourth-order valence-electron chi connectivity index (χ4n) is 1.47. The summed E-state index contributed by atoms with van der Waals surface area (Å²) in [6.07, 6.45) is 1.99. The normalized spacial score (nSPS) is 11.1. The molecule has 1 heterocycles. The molecule has 0 aliphatic heterocycles. The van der Waals surface area contributed by atoms with Gasteiger partial charge in [0.05, 0.1) is 12.1 Å². The number of nitrogens with zero attached hydrogens (tertiary/aromatic N) is 4. The van der Waals surface area contributed by atoms with E-state index in [1.54, 1.807) is 0 Å². The van der Waals surface area contributed by atoms with E-state index in [0.29, 0.717) is 0 Å². The van der Waals surface area contributed by atoms with Gasteiger partial charge in [0.15, 0.2) is 0 Å². The average Bonchev–Trinajstić information content (AvgIpc) is 2.88. The fraction of sp³-hybridized carbons (Fsp3) is 0.385. The second-order valence-electron chi connectivity index (χ2n) is 4.38. The van der Waals surface area contributed by atoms with Crippen LogP contribution in [0.3, 0.4) is 0 Å². The van der Waals surface area contributed by atoms with Crippen molar-refractivity contribution in [2.24, 2.45) is 0 Å². The van der Waals surface area contributed by atoms with Gasteiger partial charge in [-0.3, -0.25) is 0 Å². The molecule has 1 aromatic heterocycles. The van der Waals surface area contributed by atoms with Crippen molar-refractivity contribution in [2.45, 2.75) is 5.88 Å². The van der Waals surface area contributed by atoms with Crippen LogP contribution in [0.1, 0.15) is 0 Å². The second-order valence-corrected chi connectivity index (χ2v) is 6.93. The Morgan fingerprint density at radius 1 is 1.16 bits per heavy atom. The van der Waals surface area contributed by atoms with Crippen molar-refractivity contribution in [2.75, 3.05) is 26.4 Å². The predicted octanol–water partition coefficient (Wildman–Crippen LogP) is 2.85. The summed E-state index contributed by atoms with van der Waals surface area (Å²) in [5.41, 5.74) is 2.04. The molecule has 0 saturated carbocycles. The smallest absolute Gasteiger partial charge is 0.113 e. The molecule has 0 atom stereocenters. The zero-order valence-corrected chi connectivity index (χ0v) is 12.8. The molecular weight excluding hydrogens is 276 g/mol. The lowest BCUT2D eigenvalue weighted by Crippen LogP contribution is -2.14. The molecular formula is C13H18N4S2. The molecule has 2 aromatic rings. The molecule has 0 N–H and O–H groups in total. The molecule has 0 aliphatic carbocycles. The van der Waals surface area contributed by atoms with E-state index in [1.807, 2.05) is 62.8 Å². The van der Waals surface area contributed by atoms with Crippen LogP contribution in [0, 0.1) is 0 Å². The maximum absolute atomic E-state index is 4.20. The van der Waals surface area contributed by atoms with Gasteiger partial charge >= 0.3 is 0 Å². The first-order valence-electron chi connectivity index (χ1n) is 6.10. The molecule has 6 heteroatoms. The molecule has 19 heavy (non-hydrogen) atoms. The summed E-state index contributed by atoms with van der Waals surface area (Å²) in [6.45, 7) is 1.10. The summed E-state index contributed by atoms with van der Waals surface area (Å²) in [5, 5.41) is 8.34. The predicted molar refractivity (Wildman–Crippen MR) is 84.1 cm³/mol. The van der Waals surface area contributed by atoms with Gasteiger partial charge in [-0.1, -0.05) is 57.1 Å². The first-order valence-corrected chi connectivity index (χ1v) is 8.59. The minimum absolute atomic E-state index is 0.831. The van der Waals surface area contributed by atoms with Crippen LogP contribution in [-0.2, 0) is 5.88 Å². The highest BCUT2D eigenvalue weighted by Crippen LogP contribution is 2.23. The van der Waals surface area contributed by atoms with E-state index < -0.39 is 0 Å². The van der Waals surface area contributed by atoms with Gasteiger partial charge in [-0.15, -0.1) is 5.10 Å². The van der Waals surface area contributed by atoms with Crippen molar-refractivity contribution < 1.29 is 0 Å². The van der Waals surface area contributed by atoms with Gasteiger partial charge in [0, 0.05) is 17.9 Å². The first kappa shape index (κ1) is 14.4. The van der Waals surface area contributed by atoms with E-state index in [-0.39, 0.29) is 0 Å². The Morgan fingerprint density at radius 3 is 2.68 bits per heavy atom. The zero-order valence-electron chi connectivity index (χ0n) is 11.2. The number of aromatic nitrogens is 3. The van der Waals surface area contributed by atoms with Gasteiger partial charge in [0.25, 0.3) is 0 Å². The molecule has 0 fully saturated rings.